The van der Waals surface area contributed by atoms with Gasteiger partial charge in [0.15, 0.2) is 0 Å². The third-order valence-electron chi connectivity index (χ3n) is 4.06. The molecule has 1 aliphatic heterocycles. The topological polar surface area (TPSA) is 66.0 Å². The average Bonchev–Trinajstić information content (AvgIpc) is 2.76. The van der Waals surface area contributed by atoms with Crippen molar-refractivity contribution in [1.29, 1.82) is 0 Å². The highest BCUT2D eigenvalue weighted by molar-refractivity contribution is 4.98. The van der Waals surface area contributed by atoms with Crippen molar-refractivity contribution < 1.29 is 4.74 Å². The maximum atomic E-state index is 5.93. The lowest BCUT2D eigenvalue weighted by atomic mass is 9.74. The van der Waals surface area contributed by atoms with Gasteiger partial charge in [-0.25, -0.2) is 4.68 Å². The number of ether oxygens (including phenoxy) is 1. The molecule has 1 aliphatic carbocycles. The molecule has 2 fully saturated rings. The molecule has 0 bridgehead atoms. The second-order valence-electron chi connectivity index (χ2n) is 5.26. The highest BCUT2D eigenvalue weighted by Crippen LogP contribution is 2.45. The first-order valence-corrected chi connectivity index (χ1v) is 6.56. The first-order chi connectivity index (χ1) is 8.31. The second kappa shape index (κ2) is 4.38. The zero-order chi connectivity index (χ0) is 11.7. The zero-order valence-electron chi connectivity index (χ0n) is 10.1. The van der Waals surface area contributed by atoms with E-state index in [1.165, 1.54) is 19.3 Å². The molecular weight excluding hydrogens is 216 g/mol. The maximum Gasteiger partial charge on any atom is 0.0839 e. The first kappa shape index (κ1) is 11.2. The Labute approximate surface area is 101 Å². The quantitative estimate of drug-likeness (QED) is 0.852. The standard InChI is InChI=1S/C12H20N4O/c13-6-2-10-9-16(15-14-10)11-3-7-17-12(8-11)4-1-5-12/h9,11H,1-8,13H2. The first-order valence-electron chi connectivity index (χ1n) is 6.56. The molecule has 0 amide bonds. The van der Waals surface area contributed by atoms with Crippen molar-refractivity contribution in [3.05, 3.63) is 11.9 Å². The minimum absolute atomic E-state index is 0.170. The van der Waals surface area contributed by atoms with Gasteiger partial charge in [-0.2, -0.15) is 0 Å². The lowest BCUT2D eigenvalue weighted by molar-refractivity contribution is -0.141. The average molecular weight is 236 g/mol. The Morgan fingerprint density at radius 3 is 3.12 bits per heavy atom. The molecule has 1 aromatic rings. The number of hydrogen-bond donors (Lipinski definition) is 1. The van der Waals surface area contributed by atoms with Crippen LogP contribution in [0.25, 0.3) is 0 Å². The van der Waals surface area contributed by atoms with Gasteiger partial charge in [0.2, 0.25) is 0 Å². The minimum atomic E-state index is 0.170. The number of hydrogen-bond acceptors (Lipinski definition) is 4. The summed E-state index contributed by atoms with van der Waals surface area (Å²) in [6, 6.07) is 0.461. The Hall–Kier alpha value is -0.940. The molecule has 1 spiro atoms. The van der Waals surface area contributed by atoms with Gasteiger partial charge in [0.1, 0.15) is 0 Å². The molecule has 2 heterocycles. The SMILES string of the molecule is NCCc1cn(C2CCOC3(CCC3)C2)nn1. The molecule has 3 rings (SSSR count). The van der Waals surface area contributed by atoms with E-state index in [0.717, 1.165) is 31.6 Å². The molecule has 1 saturated carbocycles. The fraction of sp³-hybridized carbons (Fsp3) is 0.833. The van der Waals surface area contributed by atoms with Crippen LogP contribution in [0.2, 0.25) is 0 Å². The highest BCUT2D eigenvalue weighted by Gasteiger charge is 2.43. The molecule has 0 radical (unpaired) electrons. The van der Waals surface area contributed by atoms with E-state index in [9.17, 15) is 0 Å². The fourth-order valence-electron chi connectivity index (χ4n) is 2.90. The lowest BCUT2D eigenvalue weighted by Crippen LogP contribution is -2.46. The van der Waals surface area contributed by atoms with E-state index in [0.29, 0.717) is 12.6 Å². The van der Waals surface area contributed by atoms with Gasteiger partial charge in [-0.3, -0.25) is 0 Å². The molecule has 5 heteroatoms. The molecule has 1 atom stereocenters. The lowest BCUT2D eigenvalue weighted by Gasteiger charge is -2.47. The predicted octanol–water partition coefficient (Wildman–Crippen LogP) is 1.05. The molecule has 2 aliphatic rings. The summed E-state index contributed by atoms with van der Waals surface area (Å²) in [6.45, 7) is 1.49. The van der Waals surface area contributed by atoms with E-state index < -0.39 is 0 Å². The van der Waals surface area contributed by atoms with Crippen LogP contribution < -0.4 is 5.73 Å². The van der Waals surface area contributed by atoms with Gasteiger partial charge >= 0.3 is 0 Å². The third-order valence-corrected chi connectivity index (χ3v) is 4.06. The molecule has 1 saturated heterocycles. The summed E-state index contributed by atoms with van der Waals surface area (Å²) in [5, 5.41) is 8.40. The Morgan fingerprint density at radius 2 is 2.41 bits per heavy atom. The molecule has 1 aromatic heterocycles. The van der Waals surface area contributed by atoms with Crippen LogP contribution in [0.1, 0.15) is 43.8 Å². The molecule has 17 heavy (non-hydrogen) atoms. The van der Waals surface area contributed by atoms with Gasteiger partial charge in [0.05, 0.1) is 17.3 Å². The predicted molar refractivity (Wildman–Crippen MR) is 63.6 cm³/mol. The summed E-state index contributed by atoms with van der Waals surface area (Å²) in [5.74, 6) is 0. The van der Waals surface area contributed by atoms with Crippen LogP contribution in [-0.2, 0) is 11.2 Å². The van der Waals surface area contributed by atoms with Crippen molar-refractivity contribution in [2.75, 3.05) is 13.2 Å². The fourth-order valence-corrected chi connectivity index (χ4v) is 2.90. The van der Waals surface area contributed by atoms with E-state index in [-0.39, 0.29) is 5.60 Å². The molecule has 1 unspecified atom stereocenters. The number of rotatable bonds is 3. The van der Waals surface area contributed by atoms with Crippen molar-refractivity contribution in [3.8, 4) is 0 Å². The third kappa shape index (κ3) is 2.09. The smallest absolute Gasteiger partial charge is 0.0839 e. The van der Waals surface area contributed by atoms with Crippen LogP contribution in [-0.4, -0.2) is 33.7 Å². The van der Waals surface area contributed by atoms with Gasteiger partial charge in [-0.15, -0.1) is 5.10 Å². The van der Waals surface area contributed by atoms with Crippen LogP contribution in [0.3, 0.4) is 0 Å². The van der Waals surface area contributed by atoms with Gasteiger partial charge in [-0.05, 0) is 38.6 Å². The summed E-state index contributed by atoms with van der Waals surface area (Å²) in [4.78, 5) is 0. The summed E-state index contributed by atoms with van der Waals surface area (Å²) in [6.07, 6.45) is 8.75. The Balaban J connectivity index is 1.69. The summed E-state index contributed by atoms with van der Waals surface area (Å²) >= 11 is 0. The van der Waals surface area contributed by atoms with Crippen molar-refractivity contribution in [3.63, 3.8) is 0 Å². The monoisotopic (exact) mass is 236 g/mol. The molecule has 0 aromatic carbocycles. The van der Waals surface area contributed by atoms with E-state index in [4.69, 9.17) is 10.5 Å². The van der Waals surface area contributed by atoms with Gasteiger partial charge in [-0.1, -0.05) is 5.21 Å². The van der Waals surface area contributed by atoms with E-state index in [1.54, 1.807) is 0 Å². The highest BCUT2D eigenvalue weighted by atomic mass is 16.5. The Morgan fingerprint density at radius 1 is 1.53 bits per heavy atom. The van der Waals surface area contributed by atoms with Crippen LogP contribution in [0, 0.1) is 0 Å². The molecule has 94 valence electrons. The largest absolute Gasteiger partial charge is 0.375 e. The number of nitrogens with two attached hydrogens (primary N) is 1. The van der Waals surface area contributed by atoms with Crippen LogP contribution in [0.4, 0.5) is 0 Å². The molecule has 5 nitrogen and oxygen atoms in total. The number of aromatic nitrogens is 3. The van der Waals surface area contributed by atoms with Crippen molar-refractivity contribution in [2.24, 2.45) is 5.73 Å². The molecular formula is C12H20N4O. The zero-order valence-corrected chi connectivity index (χ0v) is 10.1. The second-order valence-corrected chi connectivity index (χ2v) is 5.26. The summed E-state index contributed by atoms with van der Waals surface area (Å²) in [7, 11) is 0. The van der Waals surface area contributed by atoms with Gasteiger partial charge < -0.3 is 10.5 Å². The van der Waals surface area contributed by atoms with Crippen LogP contribution in [0.5, 0.6) is 0 Å². The van der Waals surface area contributed by atoms with Crippen molar-refractivity contribution in [2.45, 2.75) is 50.2 Å². The van der Waals surface area contributed by atoms with Crippen LogP contribution >= 0.6 is 0 Å². The Bertz CT molecular complexity index is 386. The van der Waals surface area contributed by atoms with Crippen molar-refractivity contribution in [1.82, 2.24) is 15.0 Å². The van der Waals surface area contributed by atoms with Gasteiger partial charge in [0, 0.05) is 19.2 Å². The minimum Gasteiger partial charge on any atom is -0.375 e. The normalized spacial score (nSPS) is 27.0. The number of nitrogens with zero attached hydrogens (tertiary/aromatic N) is 3. The van der Waals surface area contributed by atoms with Gasteiger partial charge in [0.25, 0.3) is 0 Å². The van der Waals surface area contributed by atoms with Crippen LogP contribution in [0.15, 0.2) is 6.20 Å². The summed E-state index contributed by atoms with van der Waals surface area (Å²) in [5.41, 5.74) is 6.70. The molecule has 2 N–H and O–H groups in total. The van der Waals surface area contributed by atoms with E-state index in [1.807, 2.05) is 4.68 Å². The van der Waals surface area contributed by atoms with Crippen molar-refractivity contribution >= 4 is 0 Å². The Kier molecular flexibility index (Phi) is 2.88. The maximum absolute atomic E-state index is 5.93. The summed E-state index contributed by atoms with van der Waals surface area (Å²) < 4.78 is 7.95. The van der Waals surface area contributed by atoms with E-state index >= 15 is 0 Å². The van der Waals surface area contributed by atoms with E-state index in [2.05, 4.69) is 16.5 Å².